The van der Waals surface area contributed by atoms with Crippen LogP contribution in [0.25, 0.3) is 0 Å². The lowest BCUT2D eigenvalue weighted by molar-refractivity contribution is -0.137. The topological polar surface area (TPSA) is 42.0 Å². The van der Waals surface area contributed by atoms with Crippen LogP contribution in [0, 0.1) is 0 Å². The van der Waals surface area contributed by atoms with E-state index in [2.05, 4.69) is 10.1 Å². The van der Waals surface area contributed by atoms with Crippen LogP contribution in [-0.4, -0.2) is 11.6 Å². The molecule has 1 N–H and O–H groups in total. The summed E-state index contributed by atoms with van der Waals surface area (Å²) in [5.74, 6) is 0. The second kappa shape index (κ2) is 5.95. The third-order valence-corrected chi connectivity index (χ3v) is 7.53. The van der Waals surface area contributed by atoms with Crippen LogP contribution >= 0.6 is 18.6 Å². The van der Waals surface area contributed by atoms with E-state index >= 15 is 0 Å². The molecule has 3 nitrogen and oxygen atoms in total. The predicted octanol–water partition coefficient (Wildman–Crippen LogP) is 4.69. The number of nitrogens with zero attached hydrogens (tertiary/aromatic N) is 1. The summed E-state index contributed by atoms with van der Waals surface area (Å²) < 4.78 is 51.7. The van der Waals surface area contributed by atoms with Crippen molar-refractivity contribution in [1.29, 1.82) is 0 Å². The second-order valence-corrected chi connectivity index (χ2v) is 9.57. The van der Waals surface area contributed by atoms with Crippen molar-refractivity contribution in [3.8, 4) is 0 Å². The Bertz CT molecular complexity index is 749. The molecular formula is C15H16F3N2OPS. The second-order valence-electron chi connectivity index (χ2n) is 5.69. The van der Waals surface area contributed by atoms with E-state index < -0.39 is 19.0 Å². The van der Waals surface area contributed by atoms with E-state index in [1.165, 1.54) is 30.1 Å². The summed E-state index contributed by atoms with van der Waals surface area (Å²) in [5.41, 5.74) is 0.420. The first-order valence-electron chi connectivity index (χ1n) is 7.28. The van der Waals surface area contributed by atoms with Gasteiger partial charge in [-0.05, 0) is 43.9 Å². The molecule has 1 atom stereocenters. The number of benzene rings is 1. The smallest absolute Gasteiger partial charge is 0.331 e. The van der Waals surface area contributed by atoms with Gasteiger partial charge in [0.1, 0.15) is 0 Å². The minimum Gasteiger partial charge on any atom is -0.331 e. The molecule has 1 heterocycles. The molecule has 1 aliphatic rings. The van der Waals surface area contributed by atoms with Crippen LogP contribution in [0.4, 0.5) is 18.9 Å². The Kier molecular flexibility index (Phi) is 4.27. The molecule has 1 aromatic carbocycles. The summed E-state index contributed by atoms with van der Waals surface area (Å²) in [6, 6.07) is 4.76. The third-order valence-electron chi connectivity index (χ3n) is 3.73. The Labute approximate surface area is 136 Å². The van der Waals surface area contributed by atoms with Gasteiger partial charge in [-0.25, -0.2) is 4.98 Å². The number of alkyl halides is 3. The minimum absolute atomic E-state index is 0.193. The molecule has 0 radical (unpaired) electrons. The first-order chi connectivity index (χ1) is 10.8. The van der Waals surface area contributed by atoms with E-state index in [0.29, 0.717) is 4.75 Å². The van der Waals surface area contributed by atoms with Gasteiger partial charge in [0.05, 0.1) is 11.3 Å². The van der Waals surface area contributed by atoms with E-state index in [4.69, 9.17) is 0 Å². The van der Waals surface area contributed by atoms with E-state index in [9.17, 15) is 17.7 Å². The van der Waals surface area contributed by atoms with Crippen molar-refractivity contribution in [1.82, 2.24) is 4.98 Å². The molecule has 2 aromatic rings. The number of hydrogen-bond acceptors (Lipinski definition) is 3. The predicted molar refractivity (Wildman–Crippen MR) is 87.0 cm³/mol. The zero-order chi connectivity index (χ0) is 16.7. The van der Waals surface area contributed by atoms with Crippen LogP contribution in [0.15, 0.2) is 24.3 Å². The summed E-state index contributed by atoms with van der Waals surface area (Å²) in [5, 5.41) is 2.76. The Morgan fingerprint density at radius 2 is 2.00 bits per heavy atom. The van der Waals surface area contributed by atoms with Crippen molar-refractivity contribution >= 4 is 29.1 Å². The number of nitrogens with one attached hydrogen (secondary N) is 1. The number of fused-ring (bicyclic) bond motifs is 1. The van der Waals surface area contributed by atoms with Crippen LogP contribution in [0.3, 0.4) is 0 Å². The average molecular weight is 360 g/mol. The molecule has 8 heteroatoms. The van der Waals surface area contributed by atoms with Crippen molar-refractivity contribution in [3.05, 3.63) is 40.4 Å². The van der Waals surface area contributed by atoms with Crippen molar-refractivity contribution in [3.63, 3.8) is 0 Å². The Morgan fingerprint density at radius 1 is 1.26 bits per heavy atom. The molecule has 3 rings (SSSR count). The fourth-order valence-electron chi connectivity index (χ4n) is 2.58. The average Bonchev–Trinajstić information content (AvgIpc) is 2.91. The van der Waals surface area contributed by atoms with Crippen molar-refractivity contribution in [2.45, 2.75) is 31.9 Å². The van der Waals surface area contributed by atoms with Crippen LogP contribution in [0.5, 0.6) is 0 Å². The van der Waals surface area contributed by atoms with Gasteiger partial charge in [0.25, 0.3) is 0 Å². The van der Waals surface area contributed by atoms with Gasteiger partial charge >= 0.3 is 6.18 Å². The van der Waals surface area contributed by atoms with E-state index in [-0.39, 0.29) is 5.69 Å². The maximum Gasteiger partial charge on any atom is 0.416 e. The Morgan fingerprint density at radius 3 is 2.70 bits per heavy atom. The monoisotopic (exact) mass is 360 g/mol. The molecule has 124 valence electrons. The van der Waals surface area contributed by atoms with E-state index in [0.717, 1.165) is 48.4 Å². The molecule has 0 bridgehead atoms. The Hall–Kier alpha value is -1.33. The fourth-order valence-corrected chi connectivity index (χ4v) is 5.67. The fraction of sp³-hybridized carbons (Fsp3) is 0.400. The highest BCUT2D eigenvalue weighted by atomic mass is 32.1. The van der Waals surface area contributed by atoms with E-state index in [1.54, 1.807) is 0 Å². The number of aromatic nitrogens is 1. The third kappa shape index (κ3) is 3.61. The van der Waals surface area contributed by atoms with Gasteiger partial charge in [0.2, 0.25) is 7.29 Å². The minimum atomic E-state index is -4.42. The molecule has 0 fully saturated rings. The summed E-state index contributed by atoms with van der Waals surface area (Å²) in [4.78, 5) is 5.61. The van der Waals surface area contributed by atoms with Gasteiger partial charge in [-0.15, -0.1) is 11.3 Å². The summed E-state index contributed by atoms with van der Waals surface area (Å²) in [7, 11) is -3.05. The van der Waals surface area contributed by atoms with Gasteiger partial charge in [0.15, 0.2) is 4.75 Å². The number of aryl methyl sites for hydroxylation is 2. The lowest BCUT2D eigenvalue weighted by atomic mass is 10.0. The van der Waals surface area contributed by atoms with Crippen molar-refractivity contribution < 1.29 is 17.7 Å². The lowest BCUT2D eigenvalue weighted by Gasteiger charge is -2.15. The highest BCUT2D eigenvalue weighted by Gasteiger charge is 2.31. The molecule has 0 aliphatic heterocycles. The van der Waals surface area contributed by atoms with Crippen LogP contribution in [0.2, 0.25) is 0 Å². The molecule has 0 saturated heterocycles. The molecular weight excluding hydrogens is 344 g/mol. The Balaban J connectivity index is 1.86. The van der Waals surface area contributed by atoms with Gasteiger partial charge < -0.3 is 5.09 Å². The number of thiazole rings is 1. The van der Waals surface area contributed by atoms with Gasteiger partial charge in [0, 0.05) is 17.2 Å². The molecule has 0 spiro atoms. The lowest BCUT2D eigenvalue weighted by Crippen LogP contribution is -2.11. The SMILES string of the molecule is CP(=O)(Nc1cccc(C(F)(F)F)c1)c1nc2c(s1)CCCC2. The van der Waals surface area contributed by atoms with Crippen molar-refractivity contribution in [2.24, 2.45) is 0 Å². The first kappa shape index (κ1) is 16.5. The van der Waals surface area contributed by atoms with Crippen molar-refractivity contribution in [2.75, 3.05) is 11.8 Å². The summed E-state index contributed by atoms with van der Waals surface area (Å²) >= 11 is 1.41. The maximum absolute atomic E-state index is 12.9. The highest BCUT2D eigenvalue weighted by Crippen LogP contribution is 2.43. The number of rotatable bonds is 3. The number of anilines is 1. The zero-order valence-corrected chi connectivity index (χ0v) is 14.2. The summed E-state index contributed by atoms with van der Waals surface area (Å²) in [6.07, 6.45) is -0.420. The summed E-state index contributed by atoms with van der Waals surface area (Å²) in [6.45, 7) is 1.51. The molecule has 1 aromatic heterocycles. The zero-order valence-electron chi connectivity index (χ0n) is 12.5. The first-order valence-corrected chi connectivity index (χ1v) is 10.2. The van der Waals surface area contributed by atoms with Crippen LogP contribution in [0.1, 0.15) is 29.0 Å². The maximum atomic E-state index is 12.9. The number of halogens is 3. The van der Waals surface area contributed by atoms with Crippen LogP contribution in [-0.2, 0) is 23.6 Å². The van der Waals surface area contributed by atoms with Gasteiger partial charge in [-0.3, -0.25) is 4.57 Å². The molecule has 0 amide bonds. The van der Waals surface area contributed by atoms with Crippen LogP contribution < -0.4 is 9.84 Å². The highest BCUT2D eigenvalue weighted by molar-refractivity contribution is 7.77. The molecule has 1 unspecified atom stereocenters. The number of hydrogen-bond donors (Lipinski definition) is 1. The normalized spacial score (nSPS) is 17.4. The molecule has 0 saturated carbocycles. The molecule has 23 heavy (non-hydrogen) atoms. The van der Waals surface area contributed by atoms with E-state index in [1.807, 2.05) is 0 Å². The quantitative estimate of drug-likeness (QED) is 0.808. The largest absolute Gasteiger partial charge is 0.416 e. The molecule has 1 aliphatic carbocycles. The van der Waals surface area contributed by atoms with Gasteiger partial charge in [-0.1, -0.05) is 6.07 Å². The van der Waals surface area contributed by atoms with Gasteiger partial charge in [-0.2, -0.15) is 13.2 Å². The standard InChI is InChI=1S/C15H16F3N2OPS/c1-22(21,14-19-12-7-2-3-8-13(12)23-14)20-11-6-4-5-10(9-11)15(16,17)18/h4-6,9H,2-3,7-8H2,1H3,(H,20,21).